The summed E-state index contributed by atoms with van der Waals surface area (Å²) in [5.74, 6) is -3.54. The summed E-state index contributed by atoms with van der Waals surface area (Å²) in [5.41, 5.74) is 0.970. The maximum absolute atomic E-state index is 14.8. The van der Waals surface area contributed by atoms with Crippen LogP contribution in [0.4, 0.5) is 14.6 Å². The first kappa shape index (κ1) is 19.9. The van der Waals surface area contributed by atoms with Gasteiger partial charge in [-0.3, -0.25) is 9.40 Å². The number of hydrogen-bond acceptors (Lipinski definition) is 6. The van der Waals surface area contributed by atoms with Gasteiger partial charge < -0.3 is 4.74 Å². The first-order valence-corrected chi connectivity index (χ1v) is 11.3. The summed E-state index contributed by atoms with van der Waals surface area (Å²) < 4.78 is 71.6. The Morgan fingerprint density at radius 3 is 2.84 bits per heavy atom. The van der Waals surface area contributed by atoms with E-state index in [1.165, 1.54) is 12.3 Å². The van der Waals surface area contributed by atoms with Crippen LogP contribution < -0.4 is 9.46 Å². The van der Waals surface area contributed by atoms with E-state index in [1.54, 1.807) is 6.20 Å². The molecule has 164 valence electrons. The SMILES string of the molecule is [2H]c1nccc(NS(=O)(=O)c2ccc(O[C@H]3CCC[C@@H]3c3ccnn3CC)c(F)c2F)n1. The average Bonchev–Trinajstić information content (AvgIpc) is 3.39. The summed E-state index contributed by atoms with van der Waals surface area (Å²) in [4.78, 5) is 6.23. The molecular weight excluding hydrogens is 428 g/mol. The molecule has 2 atom stereocenters. The Labute approximate surface area is 179 Å². The molecule has 0 aliphatic heterocycles. The fraction of sp³-hybridized carbons (Fsp3) is 0.350. The quantitative estimate of drug-likeness (QED) is 0.592. The number of nitrogens with one attached hydrogen (secondary N) is 1. The molecule has 0 radical (unpaired) electrons. The van der Waals surface area contributed by atoms with E-state index in [1.807, 2.05) is 22.4 Å². The van der Waals surface area contributed by atoms with Crippen molar-refractivity contribution in [1.82, 2.24) is 19.7 Å². The second kappa shape index (κ2) is 8.58. The number of hydrogen-bond donors (Lipinski definition) is 1. The first-order valence-electron chi connectivity index (χ1n) is 10.3. The van der Waals surface area contributed by atoms with Gasteiger partial charge in [0.05, 0.1) is 0 Å². The van der Waals surface area contributed by atoms with Gasteiger partial charge in [0.25, 0.3) is 10.0 Å². The highest BCUT2D eigenvalue weighted by Crippen LogP contribution is 2.38. The third-order valence-electron chi connectivity index (χ3n) is 5.23. The van der Waals surface area contributed by atoms with Crippen molar-refractivity contribution in [2.75, 3.05) is 4.72 Å². The number of nitrogens with zero attached hydrogens (tertiary/aromatic N) is 4. The molecule has 2 aromatic heterocycles. The van der Waals surface area contributed by atoms with E-state index in [2.05, 4.69) is 15.1 Å². The van der Waals surface area contributed by atoms with Gasteiger partial charge in [0.1, 0.15) is 24.5 Å². The number of halogens is 2. The number of aromatic nitrogens is 4. The van der Waals surface area contributed by atoms with E-state index in [-0.39, 0.29) is 23.6 Å². The molecule has 3 aromatic rings. The lowest BCUT2D eigenvalue weighted by molar-refractivity contribution is 0.176. The van der Waals surface area contributed by atoms with E-state index in [4.69, 9.17) is 6.11 Å². The van der Waals surface area contributed by atoms with Gasteiger partial charge in [-0.05, 0) is 50.5 Å². The van der Waals surface area contributed by atoms with Crippen LogP contribution in [0.5, 0.6) is 5.75 Å². The summed E-state index contributed by atoms with van der Waals surface area (Å²) in [7, 11) is -4.49. The maximum Gasteiger partial charge on any atom is 0.266 e. The smallest absolute Gasteiger partial charge is 0.266 e. The fourth-order valence-electron chi connectivity index (χ4n) is 3.81. The van der Waals surface area contributed by atoms with Gasteiger partial charge in [-0.2, -0.15) is 9.49 Å². The standard InChI is InChI=1S/C20H21F2N5O3S/c1-2-27-14(8-11-25-27)13-4-3-5-15(13)30-16-6-7-17(20(22)19(16)21)31(28,29)26-18-9-10-23-12-24-18/h6-13,15H,2-5H2,1H3,(H,23,24,26)/t13-,15+/m1/s1/i12D. The van der Waals surface area contributed by atoms with Gasteiger partial charge in [0.15, 0.2) is 11.6 Å². The minimum absolute atomic E-state index is 0.0261. The van der Waals surface area contributed by atoms with E-state index < -0.39 is 32.9 Å². The Bertz CT molecular complexity index is 1240. The van der Waals surface area contributed by atoms with Gasteiger partial charge in [0, 0.05) is 30.6 Å². The van der Waals surface area contributed by atoms with Crippen molar-refractivity contribution in [2.24, 2.45) is 0 Å². The van der Waals surface area contributed by atoms with Crippen LogP contribution in [0.1, 0.15) is 39.2 Å². The lowest BCUT2D eigenvalue weighted by atomic mass is 10.0. The molecule has 1 N–H and O–H groups in total. The molecule has 1 aromatic carbocycles. The summed E-state index contributed by atoms with van der Waals surface area (Å²) in [6, 6.07) is 5.14. The van der Waals surface area contributed by atoms with Crippen molar-refractivity contribution in [1.29, 1.82) is 0 Å². The summed E-state index contributed by atoms with van der Waals surface area (Å²) >= 11 is 0. The van der Waals surface area contributed by atoms with E-state index >= 15 is 0 Å². The van der Waals surface area contributed by atoms with E-state index in [0.29, 0.717) is 13.0 Å². The molecule has 1 aliphatic rings. The molecule has 1 saturated carbocycles. The Kier molecular flexibility index (Phi) is 5.49. The zero-order valence-corrected chi connectivity index (χ0v) is 17.4. The van der Waals surface area contributed by atoms with Crippen LogP contribution in [0.15, 0.2) is 47.9 Å². The summed E-state index contributed by atoms with van der Waals surface area (Å²) in [6.07, 6.45) is 4.41. The molecule has 0 unspecified atom stereocenters. The van der Waals surface area contributed by atoms with Gasteiger partial charge in [-0.15, -0.1) is 0 Å². The molecule has 0 bridgehead atoms. The molecule has 0 spiro atoms. The van der Waals surface area contributed by atoms with E-state index in [9.17, 15) is 17.2 Å². The van der Waals surface area contributed by atoms with Crippen molar-refractivity contribution in [2.45, 2.75) is 49.6 Å². The van der Waals surface area contributed by atoms with Crippen LogP contribution in [0, 0.1) is 11.6 Å². The molecular formula is C20H21F2N5O3S. The molecule has 1 aliphatic carbocycles. The molecule has 8 nitrogen and oxygen atoms in total. The van der Waals surface area contributed by atoms with Crippen LogP contribution >= 0.6 is 0 Å². The predicted octanol–water partition coefficient (Wildman–Crippen LogP) is 3.49. The van der Waals surface area contributed by atoms with Gasteiger partial charge in [-0.25, -0.2) is 22.8 Å². The predicted molar refractivity (Wildman–Crippen MR) is 108 cm³/mol. The highest BCUT2D eigenvalue weighted by molar-refractivity contribution is 7.92. The maximum atomic E-state index is 14.8. The minimum Gasteiger partial charge on any atom is -0.487 e. The number of ether oxygens (including phenoxy) is 1. The molecule has 11 heteroatoms. The van der Waals surface area contributed by atoms with Crippen LogP contribution in [0.3, 0.4) is 0 Å². The lowest BCUT2D eigenvalue weighted by Gasteiger charge is -2.22. The molecule has 0 amide bonds. The summed E-state index contributed by atoms with van der Waals surface area (Å²) in [5, 5.41) is 4.26. The highest BCUT2D eigenvalue weighted by atomic mass is 32.2. The van der Waals surface area contributed by atoms with Crippen molar-refractivity contribution >= 4 is 15.8 Å². The average molecular weight is 450 g/mol. The number of benzene rings is 1. The zero-order chi connectivity index (χ0) is 22.9. The molecule has 31 heavy (non-hydrogen) atoms. The number of aryl methyl sites for hydroxylation is 1. The van der Waals surface area contributed by atoms with Gasteiger partial charge >= 0.3 is 0 Å². The Balaban J connectivity index is 1.57. The first-order chi connectivity index (χ1) is 15.3. The minimum atomic E-state index is -4.49. The van der Waals surface area contributed by atoms with Crippen molar-refractivity contribution in [3.05, 3.63) is 60.3 Å². The van der Waals surface area contributed by atoms with Crippen LogP contribution in [0.2, 0.25) is 0 Å². The normalized spacial score (nSPS) is 19.3. The third-order valence-corrected chi connectivity index (χ3v) is 6.61. The van der Waals surface area contributed by atoms with E-state index in [0.717, 1.165) is 30.7 Å². The van der Waals surface area contributed by atoms with Gasteiger partial charge in [0.2, 0.25) is 5.82 Å². The van der Waals surface area contributed by atoms with Crippen LogP contribution in [0.25, 0.3) is 0 Å². The molecule has 0 saturated heterocycles. The second-order valence-corrected chi connectivity index (χ2v) is 8.75. The number of rotatable bonds is 7. The highest BCUT2D eigenvalue weighted by Gasteiger charge is 2.34. The second-order valence-electron chi connectivity index (χ2n) is 7.10. The third kappa shape index (κ3) is 4.22. The Morgan fingerprint density at radius 2 is 2.06 bits per heavy atom. The monoisotopic (exact) mass is 450 g/mol. The Hall–Kier alpha value is -3.08. The summed E-state index contributed by atoms with van der Waals surface area (Å²) in [6.45, 7) is 2.65. The van der Waals surface area contributed by atoms with Gasteiger partial charge in [-0.1, -0.05) is 0 Å². The fourth-order valence-corrected chi connectivity index (χ4v) is 4.89. The van der Waals surface area contributed by atoms with Crippen molar-refractivity contribution < 1.29 is 23.3 Å². The Morgan fingerprint density at radius 1 is 1.23 bits per heavy atom. The molecule has 1 fully saturated rings. The van der Waals surface area contributed by atoms with Crippen LogP contribution in [-0.4, -0.2) is 34.3 Å². The number of sulfonamides is 1. The molecule has 2 heterocycles. The topological polar surface area (TPSA) is 99.0 Å². The largest absolute Gasteiger partial charge is 0.487 e. The number of anilines is 1. The zero-order valence-electron chi connectivity index (χ0n) is 17.6. The van der Waals surface area contributed by atoms with Crippen molar-refractivity contribution in [3.8, 4) is 5.75 Å². The van der Waals surface area contributed by atoms with Crippen LogP contribution in [-0.2, 0) is 16.6 Å². The lowest BCUT2D eigenvalue weighted by Crippen LogP contribution is -2.23. The molecule has 4 rings (SSSR count). The van der Waals surface area contributed by atoms with Crippen molar-refractivity contribution in [3.63, 3.8) is 0 Å².